The van der Waals surface area contributed by atoms with Crippen molar-refractivity contribution in [1.29, 1.82) is 0 Å². The third-order valence-corrected chi connectivity index (χ3v) is 12.3. The first-order valence-corrected chi connectivity index (χ1v) is 19.9. The molecule has 2 N–H and O–H groups in total. The van der Waals surface area contributed by atoms with E-state index < -0.39 is 35.2 Å². The summed E-state index contributed by atoms with van der Waals surface area (Å²) in [7, 11) is 4.75. The summed E-state index contributed by atoms with van der Waals surface area (Å²) in [6.07, 6.45) is 1.73. The third-order valence-electron chi connectivity index (χ3n) is 12.0. The summed E-state index contributed by atoms with van der Waals surface area (Å²) in [5.74, 6) is -2.50. The van der Waals surface area contributed by atoms with Gasteiger partial charge < -0.3 is 19.7 Å². The van der Waals surface area contributed by atoms with Gasteiger partial charge in [0.25, 0.3) is 5.91 Å². The molecular weight excluding hydrogens is 770 g/mol. The number of benzene rings is 3. The van der Waals surface area contributed by atoms with E-state index in [-0.39, 0.29) is 47.3 Å². The number of nitrogens with zero attached hydrogens (tertiary/aromatic N) is 6. The molecule has 4 amide bonds. The van der Waals surface area contributed by atoms with Gasteiger partial charge in [-0.05, 0) is 60.7 Å². The number of carbonyl (C=O) groups is 4. The minimum Gasteiger partial charge on any atom is -0.369 e. The summed E-state index contributed by atoms with van der Waals surface area (Å²) in [5.41, 5.74) is 3.54. The van der Waals surface area contributed by atoms with Crippen LogP contribution in [0.15, 0.2) is 47.3 Å². The number of anilines is 1. The second-order valence-electron chi connectivity index (χ2n) is 15.8. The molecule has 16 heteroatoms. The quantitative estimate of drug-likeness (QED) is 0.217. The van der Waals surface area contributed by atoms with Crippen LogP contribution in [0.2, 0.25) is 5.02 Å². The molecule has 0 bridgehead atoms. The van der Waals surface area contributed by atoms with Gasteiger partial charge in [-0.2, -0.15) is 0 Å². The maximum absolute atomic E-state index is 16.4. The fourth-order valence-electron chi connectivity index (χ4n) is 8.82. The molecule has 0 spiro atoms. The number of aromatic amines is 1. The van der Waals surface area contributed by atoms with Gasteiger partial charge in [-0.3, -0.25) is 38.5 Å². The fraction of sp³-hybridized carbons (Fsp3) is 0.405. The predicted octanol–water partition coefficient (Wildman–Crippen LogP) is 5.15. The highest BCUT2D eigenvalue weighted by atomic mass is 35.5. The first kappa shape index (κ1) is 39.3. The average Bonchev–Trinajstić information content (AvgIpc) is 3.76. The van der Waals surface area contributed by atoms with Crippen molar-refractivity contribution in [2.24, 2.45) is 7.05 Å². The largest absolute Gasteiger partial charge is 0.369 e. The molecular formula is C42H45ClF2N8O5. The number of aryl methyl sites for hydroxylation is 1. The van der Waals surface area contributed by atoms with Gasteiger partial charge in [-0.1, -0.05) is 23.7 Å². The zero-order chi connectivity index (χ0) is 41.2. The van der Waals surface area contributed by atoms with Gasteiger partial charge in [0.05, 0.1) is 16.1 Å². The Labute approximate surface area is 338 Å². The van der Waals surface area contributed by atoms with Crippen molar-refractivity contribution in [2.75, 3.05) is 58.3 Å². The van der Waals surface area contributed by atoms with Gasteiger partial charge in [0.1, 0.15) is 17.3 Å². The Morgan fingerprint density at radius 2 is 1.69 bits per heavy atom. The van der Waals surface area contributed by atoms with Crippen molar-refractivity contribution in [3.63, 3.8) is 0 Å². The molecule has 304 valence electrons. The zero-order valence-electron chi connectivity index (χ0n) is 32.8. The Morgan fingerprint density at radius 3 is 2.38 bits per heavy atom. The number of carbonyl (C=O) groups excluding carboxylic acids is 4. The predicted molar refractivity (Wildman–Crippen MR) is 217 cm³/mol. The number of aromatic nitrogens is 3. The van der Waals surface area contributed by atoms with E-state index in [0.29, 0.717) is 90.4 Å². The number of amides is 4. The highest BCUT2D eigenvalue weighted by Crippen LogP contribution is 2.42. The molecule has 0 aliphatic carbocycles. The minimum absolute atomic E-state index is 0.0503. The van der Waals surface area contributed by atoms with Crippen LogP contribution < -0.4 is 15.9 Å². The molecule has 0 saturated carbocycles. The van der Waals surface area contributed by atoms with Gasteiger partial charge in [0.2, 0.25) is 17.7 Å². The molecule has 5 heterocycles. The second-order valence-corrected chi connectivity index (χ2v) is 16.2. The number of piperidine rings is 2. The molecule has 3 aliphatic heterocycles. The summed E-state index contributed by atoms with van der Waals surface area (Å²) < 4.78 is 35.0. The molecule has 3 fully saturated rings. The standard InChI is InChI=1S/C42H45ClF2N8O5/c1-23(54)52-13-5-6-24(22-52)28-19-29(30-20-32(41(57)48(2)3)46-38(30)37(28)45)27-9-8-26(18-31(27)43)51-16-14-50(15-17-51)21-25-7-10-33-39(36(25)44)49(4)42(58)53(33)34-11-12-35(55)47-40(34)56/h7-10,18-20,24,34,46H,5-6,11-17,21-22H2,1-4H3,(H,47,55,56)/t24-,34?/m0/s1. The van der Waals surface area contributed by atoms with E-state index in [1.807, 2.05) is 24.3 Å². The molecule has 3 aromatic carbocycles. The lowest BCUT2D eigenvalue weighted by Gasteiger charge is -2.36. The number of halogens is 3. The number of hydrogen-bond donors (Lipinski definition) is 2. The Balaban J connectivity index is 1.02. The van der Waals surface area contributed by atoms with Crippen molar-refractivity contribution in [3.05, 3.63) is 86.4 Å². The Bertz CT molecular complexity index is 2570. The first-order chi connectivity index (χ1) is 27.7. The Morgan fingerprint density at radius 1 is 0.931 bits per heavy atom. The SMILES string of the molecule is CC(=O)N1CCC[C@H](c2cc(-c3ccc(N4CCN(Cc5ccc6c(c5F)n(C)c(=O)n6C5CCC(=O)NC5=O)CC4)cc3Cl)c3cc(C(=O)N(C)C)[nH]c3c2F)C1. The van der Waals surface area contributed by atoms with E-state index >= 15 is 8.78 Å². The lowest BCUT2D eigenvalue weighted by molar-refractivity contribution is -0.135. The number of imidazole rings is 1. The van der Waals surface area contributed by atoms with Crippen LogP contribution in [0.3, 0.4) is 0 Å². The molecule has 3 aliphatic rings. The Hall–Kier alpha value is -5.54. The van der Waals surface area contributed by atoms with E-state index in [1.54, 1.807) is 37.2 Å². The number of imide groups is 1. The molecule has 13 nitrogen and oxygen atoms in total. The number of fused-ring (bicyclic) bond motifs is 2. The van der Waals surface area contributed by atoms with Crippen LogP contribution in [0, 0.1) is 11.6 Å². The minimum atomic E-state index is -0.897. The number of piperazine rings is 1. The topological polar surface area (TPSA) is 136 Å². The van der Waals surface area contributed by atoms with Crippen LogP contribution in [0.25, 0.3) is 33.1 Å². The first-order valence-electron chi connectivity index (χ1n) is 19.5. The van der Waals surface area contributed by atoms with E-state index in [0.717, 1.165) is 12.1 Å². The molecule has 58 heavy (non-hydrogen) atoms. The van der Waals surface area contributed by atoms with Crippen molar-refractivity contribution in [3.8, 4) is 11.1 Å². The fourth-order valence-corrected chi connectivity index (χ4v) is 9.10. The molecule has 2 aromatic heterocycles. The van der Waals surface area contributed by atoms with Crippen LogP contribution in [-0.2, 0) is 28.0 Å². The highest BCUT2D eigenvalue weighted by molar-refractivity contribution is 6.34. The van der Waals surface area contributed by atoms with Crippen molar-refractivity contribution < 1.29 is 28.0 Å². The zero-order valence-corrected chi connectivity index (χ0v) is 33.6. The van der Waals surface area contributed by atoms with E-state index in [2.05, 4.69) is 20.1 Å². The lowest BCUT2D eigenvalue weighted by Crippen LogP contribution is -2.46. The van der Waals surface area contributed by atoms with Gasteiger partial charge in [-0.25, -0.2) is 13.6 Å². The van der Waals surface area contributed by atoms with E-state index in [1.165, 1.54) is 28.0 Å². The highest BCUT2D eigenvalue weighted by Gasteiger charge is 2.33. The third kappa shape index (κ3) is 6.93. The van der Waals surface area contributed by atoms with Crippen molar-refractivity contribution in [1.82, 2.24) is 34.1 Å². The van der Waals surface area contributed by atoms with Crippen molar-refractivity contribution in [2.45, 2.75) is 51.1 Å². The van der Waals surface area contributed by atoms with Crippen LogP contribution in [-0.4, -0.2) is 106 Å². The normalized spacial score (nSPS) is 19.3. The van der Waals surface area contributed by atoms with Crippen LogP contribution in [0.5, 0.6) is 0 Å². The summed E-state index contributed by atoms with van der Waals surface area (Å²) in [6, 6.07) is 11.7. The maximum Gasteiger partial charge on any atom is 0.329 e. The lowest BCUT2D eigenvalue weighted by atomic mass is 9.87. The summed E-state index contributed by atoms with van der Waals surface area (Å²) in [5, 5.41) is 3.27. The monoisotopic (exact) mass is 814 g/mol. The summed E-state index contributed by atoms with van der Waals surface area (Å²) >= 11 is 7.06. The van der Waals surface area contributed by atoms with Crippen molar-refractivity contribution >= 4 is 62.9 Å². The molecule has 5 aromatic rings. The molecule has 3 saturated heterocycles. The van der Waals surface area contributed by atoms with Gasteiger partial charge in [0, 0.05) is 108 Å². The van der Waals surface area contributed by atoms with Gasteiger partial charge >= 0.3 is 5.69 Å². The van der Waals surface area contributed by atoms with Crippen LogP contribution in [0.4, 0.5) is 14.5 Å². The average molecular weight is 815 g/mol. The smallest absolute Gasteiger partial charge is 0.329 e. The van der Waals surface area contributed by atoms with Gasteiger partial charge in [-0.15, -0.1) is 0 Å². The van der Waals surface area contributed by atoms with Crippen LogP contribution in [0.1, 0.15) is 66.2 Å². The number of nitrogens with one attached hydrogen (secondary N) is 2. The number of H-pyrrole nitrogens is 1. The van der Waals surface area contributed by atoms with Crippen LogP contribution >= 0.6 is 11.6 Å². The number of rotatable bonds is 7. The summed E-state index contributed by atoms with van der Waals surface area (Å²) in [6.45, 7) is 5.39. The maximum atomic E-state index is 16.4. The molecule has 1 unspecified atom stereocenters. The number of hydrogen-bond acceptors (Lipinski definition) is 7. The molecule has 0 radical (unpaired) electrons. The van der Waals surface area contributed by atoms with Gasteiger partial charge in [0.15, 0.2) is 11.6 Å². The van der Waals surface area contributed by atoms with E-state index in [4.69, 9.17) is 11.6 Å². The summed E-state index contributed by atoms with van der Waals surface area (Å²) in [4.78, 5) is 73.3. The Kier molecular flexibility index (Phi) is 10.4. The van der Waals surface area contributed by atoms with E-state index in [9.17, 15) is 24.0 Å². The molecule has 2 atom stereocenters. The number of likely N-dealkylation sites (tertiary alicyclic amines) is 1. The molecule has 8 rings (SSSR count). The second kappa shape index (κ2) is 15.3.